The summed E-state index contributed by atoms with van der Waals surface area (Å²) in [5, 5.41) is 4.40. The maximum Gasteiger partial charge on any atom is 0.254 e. The molecular weight excluding hydrogens is 381 g/mol. The first-order chi connectivity index (χ1) is 12.3. The zero-order valence-electron chi connectivity index (χ0n) is 15.8. The van der Waals surface area contributed by atoms with Crippen LogP contribution in [0.25, 0.3) is 10.9 Å². The van der Waals surface area contributed by atoms with E-state index in [1.807, 2.05) is 24.3 Å². The minimum atomic E-state index is 0. The third kappa shape index (κ3) is 4.74. The molecule has 1 aromatic heterocycles. The Morgan fingerprint density at radius 2 is 1.85 bits per heavy atom. The van der Waals surface area contributed by atoms with Gasteiger partial charge in [-0.25, -0.2) is 0 Å². The molecule has 2 aliphatic rings. The van der Waals surface area contributed by atoms with Gasteiger partial charge in [0.15, 0.2) is 0 Å². The SMILES string of the molecule is CCCN(C(=O)c1cc(C2CC2)nc2ccccc12)C1CCNCC1.Cl.Cl. The van der Waals surface area contributed by atoms with Crippen molar-refractivity contribution in [3.8, 4) is 0 Å². The topological polar surface area (TPSA) is 45.2 Å². The highest BCUT2D eigenvalue weighted by atomic mass is 35.5. The number of carbonyl (C=O) groups excluding carboxylic acids is 1. The Hall–Kier alpha value is -1.36. The van der Waals surface area contributed by atoms with Crippen LogP contribution in [-0.2, 0) is 0 Å². The summed E-state index contributed by atoms with van der Waals surface area (Å²) in [6.07, 6.45) is 5.49. The van der Waals surface area contributed by atoms with Gasteiger partial charge in [0.25, 0.3) is 5.91 Å². The highest BCUT2D eigenvalue weighted by molar-refractivity contribution is 6.06. The van der Waals surface area contributed by atoms with E-state index < -0.39 is 0 Å². The number of pyridine rings is 1. The number of nitrogens with zero attached hydrogens (tertiary/aromatic N) is 2. The molecule has 2 fully saturated rings. The smallest absolute Gasteiger partial charge is 0.254 e. The first-order valence-corrected chi connectivity index (χ1v) is 9.69. The number of rotatable bonds is 5. The summed E-state index contributed by atoms with van der Waals surface area (Å²) in [4.78, 5) is 20.5. The molecule has 1 aliphatic carbocycles. The first-order valence-electron chi connectivity index (χ1n) is 9.69. The van der Waals surface area contributed by atoms with E-state index in [4.69, 9.17) is 4.98 Å². The molecule has 1 amide bonds. The molecule has 2 heterocycles. The van der Waals surface area contributed by atoms with E-state index in [-0.39, 0.29) is 30.7 Å². The number of fused-ring (bicyclic) bond motifs is 1. The third-order valence-corrected chi connectivity index (χ3v) is 5.44. The maximum absolute atomic E-state index is 13.5. The summed E-state index contributed by atoms with van der Waals surface area (Å²) in [7, 11) is 0. The van der Waals surface area contributed by atoms with Gasteiger partial charge in [-0.1, -0.05) is 25.1 Å². The standard InChI is InChI=1S/C21H27N3O.2ClH/c1-2-13-24(16-9-11-22-12-10-16)21(25)18-14-20(15-7-8-15)23-19-6-4-3-5-17(18)19;;/h3-6,14-16,22H,2,7-13H2,1H3;2*1H. The number of nitrogens with one attached hydrogen (secondary N) is 1. The molecule has 4 rings (SSSR count). The average molecular weight is 410 g/mol. The Bertz CT molecular complexity index is 773. The number of hydrogen-bond acceptors (Lipinski definition) is 3. The number of benzene rings is 1. The summed E-state index contributed by atoms with van der Waals surface area (Å²) < 4.78 is 0. The van der Waals surface area contributed by atoms with Crippen LogP contribution >= 0.6 is 24.8 Å². The molecule has 1 saturated heterocycles. The van der Waals surface area contributed by atoms with Crippen LogP contribution in [0.1, 0.15) is 61.0 Å². The molecule has 1 saturated carbocycles. The fourth-order valence-electron chi connectivity index (χ4n) is 3.92. The molecule has 0 spiro atoms. The zero-order valence-corrected chi connectivity index (χ0v) is 17.5. The van der Waals surface area contributed by atoms with Crippen LogP contribution in [0.2, 0.25) is 0 Å². The third-order valence-electron chi connectivity index (χ3n) is 5.44. The largest absolute Gasteiger partial charge is 0.336 e. The van der Waals surface area contributed by atoms with E-state index in [0.717, 1.165) is 61.1 Å². The van der Waals surface area contributed by atoms with E-state index in [1.165, 1.54) is 12.8 Å². The monoisotopic (exact) mass is 409 g/mol. The minimum Gasteiger partial charge on any atom is -0.336 e. The lowest BCUT2D eigenvalue weighted by molar-refractivity contribution is 0.0644. The lowest BCUT2D eigenvalue weighted by Gasteiger charge is -2.35. The Morgan fingerprint density at radius 1 is 1.15 bits per heavy atom. The predicted molar refractivity (Wildman–Crippen MR) is 115 cm³/mol. The van der Waals surface area contributed by atoms with Crippen LogP contribution in [0.4, 0.5) is 0 Å². The van der Waals surface area contributed by atoms with Gasteiger partial charge in [0.2, 0.25) is 0 Å². The van der Waals surface area contributed by atoms with Gasteiger partial charge in [0.05, 0.1) is 11.1 Å². The lowest BCUT2D eigenvalue weighted by atomic mass is 10.0. The van der Waals surface area contributed by atoms with Crippen LogP contribution in [0.15, 0.2) is 30.3 Å². The Kier molecular flexibility index (Phi) is 7.90. The second kappa shape index (κ2) is 9.72. The molecule has 2 aromatic rings. The van der Waals surface area contributed by atoms with E-state index in [9.17, 15) is 4.79 Å². The fraction of sp³-hybridized carbons (Fsp3) is 0.524. The highest BCUT2D eigenvalue weighted by Crippen LogP contribution is 2.40. The summed E-state index contributed by atoms with van der Waals surface area (Å²) in [6, 6.07) is 10.5. The van der Waals surface area contributed by atoms with Crippen molar-refractivity contribution in [2.24, 2.45) is 0 Å². The maximum atomic E-state index is 13.5. The second-order valence-corrected chi connectivity index (χ2v) is 7.37. The van der Waals surface area contributed by atoms with Crippen LogP contribution < -0.4 is 5.32 Å². The molecular formula is C21H29Cl2N3O. The Morgan fingerprint density at radius 3 is 2.52 bits per heavy atom. The number of para-hydroxylation sites is 1. The lowest BCUT2D eigenvalue weighted by Crippen LogP contribution is -2.46. The number of halogens is 2. The first kappa shape index (κ1) is 21.9. The number of piperidine rings is 1. The van der Waals surface area contributed by atoms with Crippen molar-refractivity contribution in [3.05, 3.63) is 41.6 Å². The second-order valence-electron chi connectivity index (χ2n) is 7.37. The fourth-order valence-corrected chi connectivity index (χ4v) is 3.92. The molecule has 148 valence electrons. The summed E-state index contributed by atoms with van der Waals surface area (Å²) in [6.45, 7) is 4.99. The van der Waals surface area contributed by atoms with Gasteiger partial charge in [-0.2, -0.15) is 0 Å². The highest BCUT2D eigenvalue weighted by Gasteiger charge is 2.30. The van der Waals surface area contributed by atoms with Gasteiger partial charge in [0.1, 0.15) is 0 Å². The predicted octanol–water partition coefficient (Wildman–Crippen LogP) is 4.56. The van der Waals surface area contributed by atoms with E-state index >= 15 is 0 Å². The van der Waals surface area contributed by atoms with Crippen molar-refractivity contribution < 1.29 is 4.79 Å². The quantitative estimate of drug-likeness (QED) is 0.786. The van der Waals surface area contributed by atoms with Gasteiger partial charge < -0.3 is 10.2 Å². The van der Waals surface area contributed by atoms with Gasteiger partial charge in [-0.3, -0.25) is 9.78 Å². The zero-order chi connectivity index (χ0) is 17.2. The molecule has 0 bridgehead atoms. The van der Waals surface area contributed by atoms with Crippen LogP contribution in [0, 0.1) is 0 Å². The Labute approximate surface area is 173 Å². The van der Waals surface area contributed by atoms with Crippen molar-refractivity contribution in [1.29, 1.82) is 0 Å². The van der Waals surface area contributed by atoms with E-state index in [1.54, 1.807) is 0 Å². The molecule has 1 aromatic carbocycles. The van der Waals surface area contributed by atoms with Crippen molar-refractivity contribution in [1.82, 2.24) is 15.2 Å². The Balaban J connectivity index is 0.00000131. The molecule has 0 atom stereocenters. The molecule has 1 N–H and O–H groups in total. The van der Waals surface area contributed by atoms with Crippen LogP contribution in [0.3, 0.4) is 0 Å². The number of hydrogen-bond donors (Lipinski definition) is 1. The molecule has 0 radical (unpaired) electrons. The van der Waals surface area contributed by atoms with Crippen molar-refractivity contribution in [3.63, 3.8) is 0 Å². The van der Waals surface area contributed by atoms with Crippen molar-refractivity contribution in [2.75, 3.05) is 19.6 Å². The molecule has 6 heteroatoms. The van der Waals surface area contributed by atoms with Gasteiger partial charge in [-0.15, -0.1) is 24.8 Å². The van der Waals surface area contributed by atoms with Crippen LogP contribution in [0.5, 0.6) is 0 Å². The number of amides is 1. The average Bonchev–Trinajstić information content (AvgIpc) is 3.51. The molecule has 1 aliphatic heterocycles. The van der Waals surface area contributed by atoms with Crippen LogP contribution in [-0.4, -0.2) is 41.5 Å². The van der Waals surface area contributed by atoms with Crippen molar-refractivity contribution >= 4 is 41.6 Å². The number of carbonyl (C=O) groups is 1. The van der Waals surface area contributed by atoms with Crippen molar-refractivity contribution in [2.45, 2.75) is 51.0 Å². The normalized spacial score (nSPS) is 17.1. The minimum absolute atomic E-state index is 0. The van der Waals surface area contributed by atoms with Gasteiger partial charge in [0, 0.05) is 29.6 Å². The summed E-state index contributed by atoms with van der Waals surface area (Å²) in [5.41, 5.74) is 2.90. The van der Waals surface area contributed by atoms with Gasteiger partial charge in [-0.05, 0) is 57.3 Å². The van der Waals surface area contributed by atoms with E-state index in [2.05, 4.69) is 23.2 Å². The summed E-state index contributed by atoms with van der Waals surface area (Å²) in [5.74, 6) is 0.740. The molecule has 0 unspecified atom stereocenters. The summed E-state index contributed by atoms with van der Waals surface area (Å²) >= 11 is 0. The van der Waals surface area contributed by atoms with E-state index in [0.29, 0.717) is 12.0 Å². The number of aromatic nitrogens is 1. The molecule has 27 heavy (non-hydrogen) atoms. The van der Waals surface area contributed by atoms with Gasteiger partial charge >= 0.3 is 0 Å². The molecule has 4 nitrogen and oxygen atoms in total.